The van der Waals surface area contributed by atoms with Crippen LogP contribution in [0.1, 0.15) is 21.6 Å². The van der Waals surface area contributed by atoms with Crippen molar-refractivity contribution >= 4 is 28.7 Å². The first kappa shape index (κ1) is 25.9. The number of amides is 2. The number of hydrogen-bond acceptors (Lipinski definition) is 7. The lowest BCUT2D eigenvalue weighted by atomic mass is 10.0. The van der Waals surface area contributed by atoms with Gasteiger partial charge >= 0.3 is 12.1 Å². The van der Waals surface area contributed by atoms with E-state index in [1.54, 1.807) is 12.1 Å². The number of hydroxylamine groups is 1. The summed E-state index contributed by atoms with van der Waals surface area (Å²) in [5, 5.41) is 3.59. The number of aromatic nitrogens is 1. The molecule has 1 aromatic heterocycles. The van der Waals surface area contributed by atoms with Gasteiger partial charge in [0, 0.05) is 22.2 Å². The van der Waals surface area contributed by atoms with Crippen molar-refractivity contribution < 1.29 is 41.9 Å². The third-order valence-corrected chi connectivity index (χ3v) is 5.65. The van der Waals surface area contributed by atoms with Crippen LogP contribution >= 0.6 is 0 Å². The van der Waals surface area contributed by atoms with Crippen molar-refractivity contribution in [2.75, 3.05) is 13.2 Å². The minimum absolute atomic E-state index is 0.0441. The Morgan fingerprint density at radius 2 is 1.81 bits per heavy atom. The first-order valence-electron chi connectivity index (χ1n) is 11.2. The van der Waals surface area contributed by atoms with Crippen molar-refractivity contribution in [1.82, 2.24) is 15.8 Å². The second kappa shape index (κ2) is 10.8. The first-order chi connectivity index (χ1) is 17.6. The van der Waals surface area contributed by atoms with Gasteiger partial charge in [-0.2, -0.15) is 18.7 Å². The second-order valence-corrected chi connectivity index (χ2v) is 8.33. The molecule has 4 rings (SSSR count). The number of aryl methyl sites for hydroxylation is 1. The van der Waals surface area contributed by atoms with Crippen LogP contribution in [-0.2, 0) is 25.8 Å². The number of nitrogens with zero attached hydrogens (tertiary/aromatic N) is 1. The first-order valence-corrected chi connectivity index (χ1v) is 11.2. The van der Waals surface area contributed by atoms with Gasteiger partial charge in [-0.05, 0) is 43.3 Å². The molecule has 2 aromatic carbocycles. The highest BCUT2D eigenvalue weighted by atomic mass is 19.4. The zero-order valence-electron chi connectivity index (χ0n) is 19.5. The predicted molar refractivity (Wildman–Crippen MR) is 123 cm³/mol. The van der Waals surface area contributed by atoms with Gasteiger partial charge in [-0.3, -0.25) is 14.6 Å². The molecule has 3 aromatic rings. The van der Waals surface area contributed by atoms with Gasteiger partial charge in [-0.15, -0.1) is 0 Å². The Kier molecular flexibility index (Phi) is 7.58. The number of ether oxygens (including phenoxy) is 2. The summed E-state index contributed by atoms with van der Waals surface area (Å²) in [5.41, 5.74) is 4.44. The molecule has 0 aliphatic carbocycles. The number of alkyl halides is 3. The number of para-hydroxylation sites is 1. The van der Waals surface area contributed by atoms with Gasteiger partial charge in [0.25, 0.3) is 11.8 Å². The van der Waals surface area contributed by atoms with Crippen LogP contribution in [0.15, 0.2) is 54.6 Å². The fraction of sp³-hybridized carbons (Fsp3) is 0.280. The average Bonchev–Trinajstić information content (AvgIpc) is 3.33. The van der Waals surface area contributed by atoms with E-state index < -0.39 is 35.9 Å². The molecule has 9 nitrogen and oxygen atoms in total. The summed E-state index contributed by atoms with van der Waals surface area (Å²) in [7, 11) is 0. The molecule has 2 heterocycles. The topological polar surface area (TPSA) is 116 Å². The average molecular weight is 517 g/mol. The smallest absolute Gasteiger partial charge is 0.489 e. The van der Waals surface area contributed by atoms with Crippen molar-refractivity contribution in [1.29, 1.82) is 0 Å². The van der Waals surface area contributed by atoms with E-state index >= 15 is 0 Å². The lowest BCUT2D eigenvalue weighted by Crippen LogP contribution is -2.47. The lowest BCUT2D eigenvalue weighted by Gasteiger charge is -2.18. The Balaban J connectivity index is 1.33. The molecular weight excluding hydrogens is 495 g/mol. The van der Waals surface area contributed by atoms with Crippen molar-refractivity contribution in [2.24, 2.45) is 5.92 Å². The van der Waals surface area contributed by atoms with Crippen LogP contribution in [0.5, 0.6) is 5.75 Å². The molecule has 0 radical (unpaired) electrons. The van der Waals surface area contributed by atoms with Gasteiger partial charge < -0.3 is 19.6 Å². The molecule has 1 fully saturated rings. The number of carbonyl (C=O) groups excluding carboxylic acids is 3. The van der Waals surface area contributed by atoms with Crippen LogP contribution in [0.2, 0.25) is 0 Å². The van der Waals surface area contributed by atoms with Crippen LogP contribution < -0.4 is 15.5 Å². The van der Waals surface area contributed by atoms with Gasteiger partial charge in [0.05, 0.1) is 30.7 Å². The maximum atomic E-state index is 12.7. The Morgan fingerprint density at radius 3 is 2.54 bits per heavy atom. The molecule has 0 bridgehead atoms. The van der Waals surface area contributed by atoms with E-state index in [2.05, 4.69) is 15.1 Å². The van der Waals surface area contributed by atoms with E-state index in [-0.39, 0.29) is 18.8 Å². The molecule has 1 aliphatic rings. The quantitative estimate of drug-likeness (QED) is 0.483. The van der Waals surface area contributed by atoms with E-state index in [9.17, 15) is 27.6 Å². The molecule has 37 heavy (non-hydrogen) atoms. The summed E-state index contributed by atoms with van der Waals surface area (Å²) in [4.78, 5) is 43.8. The number of benzene rings is 2. The van der Waals surface area contributed by atoms with Crippen molar-refractivity contribution in [2.45, 2.75) is 25.7 Å². The third-order valence-electron chi connectivity index (χ3n) is 5.65. The normalized spacial score (nSPS) is 17.3. The largest absolute Gasteiger partial charge is 0.493 e. The summed E-state index contributed by atoms with van der Waals surface area (Å²) >= 11 is 0. The minimum Gasteiger partial charge on any atom is -0.489 e. The maximum Gasteiger partial charge on any atom is 0.493 e. The van der Waals surface area contributed by atoms with Gasteiger partial charge in [0.1, 0.15) is 12.4 Å². The summed E-state index contributed by atoms with van der Waals surface area (Å²) in [6.45, 7) is 1.99. The van der Waals surface area contributed by atoms with Gasteiger partial charge in [-0.25, -0.2) is 4.79 Å². The molecular formula is C25H22F3N3O6. The standard InChI is InChI=1S/C25H22F3N3O6/c1-14-10-16(18-4-2-3-5-20(18)29-14)11-36-17-8-6-15(7-9-17)22(32)30-21-13-35-12-19(21)23(33)31-37-24(34)25(26,27)28/h2-10,19,21H,11-13H2,1H3,(H,30,32)(H,31,33)/t19-,21+/m1/s1. The van der Waals surface area contributed by atoms with E-state index in [0.717, 1.165) is 22.2 Å². The van der Waals surface area contributed by atoms with E-state index in [4.69, 9.17) is 9.47 Å². The predicted octanol–water partition coefficient (Wildman–Crippen LogP) is 3.00. The number of fused-ring (bicyclic) bond motifs is 1. The molecule has 1 saturated heterocycles. The summed E-state index contributed by atoms with van der Waals surface area (Å²) < 4.78 is 47.8. The molecule has 0 saturated carbocycles. The number of rotatable bonds is 6. The summed E-state index contributed by atoms with van der Waals surface area (Å²) in [6.07, 6.45) is -5.26. The summed E-state index contributed by atoms with van der Waals surface area (Å²) in [6, 6.07) is 15.2. The number of halogens is 3. The Bertz CT molecular complexity index is 1310. The molecule has 2 amide bonds. The lowest BCUT2D eigenvalue weighted by molar-refractivity contribution is -0.208. The number of hydrogen-bond donors (Lipinski definition) is 2. The van der Waals surface area contributed by atoms with Crippen molar-refractivity contribution in [3.8, 4) is 5.75 Å². The maximum absolute atomic E-state index is 12.7. The second-order valence-electron chi connectivity index (χ2n) is 8.33. The van der Waals surface area contributed by atoms with Crippen LogP contribution in [0.25, 0.3) is 10.9 Å². The minimum atomic E-state index is -5.26. The highest BCUT2D eigenvalue weighted by Crippen LogP contribution is 2.22. The van der Waals surface area contributed by atoms with E-state index in [0.29, 0.717) is 12.4 Å². The highest BCUT2D eigenvalue weighted by molar-refractivity contribution is 5.95. The fourth-order valence-electron chi connectivity index (χ4n) is 3.81. The zero-order valence-corrected chi connectivity index (χ0v) is 19.5. The van der Waals surface area contributed by atoms with Crippen LogP contribution in [-0.4, -0.2) is 48.2 Å². The number of nitrogens with one attached hydrogen (secondary N) is 2. The fourth-order valence-corrected chi connectivity index (χ4v) is 3.81. The molecule has 12 heteroatoms. The molecule has 2 N–H and O–H groups in total. The Morgan fingerprint density at radius 1 is 1.08 bits per heavy atom. The molecule has 0 unspecified atom stereocenters. The van der Waals surface area contributed by atoms with Crippen LogP contribution in [0.4, 0.5) is 13.2 Å². The van der Waals surface area contributed by atoms with Crippen LogP contribution in [0.3, 0.4) is 0 Å². The van der Waals surface area contributed by atoms with E-state index in [1.165, 1.54) is 17.6 Å². The van der Waals surface area contributed by atoms with Gasteiger partial charge in [-0.1, -0.05) is 18.2 Å². The summed E-state index contributed by atoms with van der Waals surface area (Å²) in [5.74, 6) is -4.63. The Labute approximate surface area is 208 Å². The SMILES string of the molecule is Cc1cc(COc2ccc(C(=O)N[C@H]3COC[C@H]3C(=O)NOC(=O)C(F)(F)F)cc2)c2ccccc2n1. The molecule has 2 atom stereocenters. The third kappa shape index (κ3) is 6.33. The van der Waals surface area contributed by atoms with E-state index in [1.807, 2.05) is 37.3 Å². The molecule has 194 valence electrons. The number of pyridine rings is 1. The van der Waals surface area contributed by atoms with Crippen LogP contribution in [0, 0.1) is 12.8 Å². The molecule has 1 aliphatic heterocycles. The molecule has 0 spiro atoms. The highest BCUT2D eigenvalue weighted by Gasteiger charge is 2.43. The van der Waals surface area contributed by atoms with Gasteiger partial charge in [0.15, 0.2) is 0 Å². The van der Waals surface area contributed by atoms with Crippen molar-refractivity contribution in [3.63, 3.8) is 0 Å². The van der Waals surface area contributed by atoms with Crippen molar-refractivity contribution in [3.05, 3.63) is 71.4 Å². The Hall–Kier alpha value is -4.19. The van der Waals surface area contributed by atoms with Gasteiger partial charge in [0.2, 0.25) is 0 Å². The number of carbonyl (C=O) groups is 3. The zero-order chi connectivity index (χ0) is 26.6. The monoisotopic (exact) mass is 517 g/mol.